The van der Waals surface area contributed by atoms with Gasteiger partial charge in [-0.3, -0.25) is 4.79 Å². The van der Waals surface area contributed by atoms with Crippen LogP contribution < -0.4 is 10.6 Å². The highest BCUT2D eigenvalue weighted by Gasteiger charge is 2.11. The second kappa shape index (κ2) is 7.42. The van der Waals surface area contributed by atoms with Crippen LogP contribution in [0.5, 0.6) is 0 Å². The van der Waals surface area contributed by atoms with E-state index in [-0.39, 0.29) is 11.6 Å². The van der Waals surface area contributed by atoms with Crippen molar-refractivity contribution in [2.75, 3.05) is 17.2 Å². The molecule has 0 radical (unpaired) electrons. The molecule has 0 unspecified atom stereocenters. The third-order valence-corrected chi connectivity index (χ3v) is 3.30. The Bertz CT molecular complexity index is 676. The lowest BCUT2D eigenvalue weighted by Gasteiger charge is -2.09. The number of anilines is 2. The van der Waals surface area contributed by atoms with Gasteiger partial charge in [-0.1, -0.05) is 37.0 Å². The highest BCUT2D eigenvalue weighted by Crippen LogP contribution is 2.25. The molecular weight excluding hydrogens is 323 g/mol. The number of rotatable bonds is 5. The average Bonchev–Trinajstić information content (AvgIpc) is 2.49. The van der Waals surface area contributed by atoms with E-state index in [1.807, 2.05) is 0 Å². The molecule has 2 aromatic rings. The first-order chi connectivity index (χ1) is 10.5. The summed E-state index contributed by atoms with van der Waals surface area (Å²) in [4.78, 5) is 20.5. The fourth-order valence-electron chi connectivity index (χ4n) is 1.65. The van der Waals surface area contributed by atoms with E-state index in [0.717, 1.165) is 6.54 Å². The topological polar surface area (TPSA) is 66.9 Å². The summed E-state index contributed by atoms with van der Waals surface area (Å²) in [5.41, 5.74) is 0.687. The minimum absolute atomic E-state index is 0.247. The van der Waals surface area contributed by atoms with Gasteiger partial charge in [0.05, 0.1) is 10.7 Å². The Kier molecular flexibility index (Phi) is 5.57. The molecular formula is C15H16Cl2N4O. The predicted molar refractivity (Wildman–Crippen MR) is 89.8 cm³/mol. The molecule has 0 aliphatic heterocycles. The molecule has 116 valence electrons. The monoisotopic (exact) mass is 338 g/mol. The van der Waals surface area contributed by atoms with Gasteiger partial charge in [-0.25, -0.2) is 9.97 Å². The first-order valence-corrected chi connectivity index (χ1v) is 7.54. The summed E-state index contributed by atoms with van der Waals surface area (Å²) in [5.74, 6) is 0.490. The van der Waals surface area contributed by atoms with Gasteiger partial charge in [-0.05, 0) is 30.2 Å². The van der Waals surface area contributed by atoms with Crippen LogP contribution in [-0.2, 0) is 0 Å². The maximum atomic E-state index is 12.2. The second-order valence-electron chi connectivity index (χ2n) is 5.12. The largest absolute Gasteiger partial charge is 0.354 e. The molecule has 0 atom stereocenters. The molecule has 0 aliphatic carbocycles. The molecule has 1 aromatic carbocycles. The zero-order chi connectivity index (χ0) is 16.1. The van der Waals surface area contributed by atoms with Gasteiger partial charge in [0.2, 0.25) is 5.95 Å². The molecule has 0 saturated heterocycles. The van der Waals surface area contributed by atoms with Crippen LogP contribution in [0, 0.1) is 5.92 Å². The third-order valence-electron chi connectivity index (χ3n) is 2.73. The van der Waals surface area contributed by atoms with Crippen molar-refractivity contribution in [3.8, 4) is 0 Å². The third kappa shape index (κ3) is 4.58. The molecule has 0 spiro atoms. The number of hydrogen-bond donors (Lipinski definition) is 2. The van der Waals surface area contributed by atoms with Crippen LogP contribution in [-0.4, -0.2) is 22.4 Å². The SMILES string of the molecule is CC(C)CNc1nccc(C(=O)Nc2cc(Cl)ccc2Cl)n1. The van der Waals surface area contributed by atoms with Crippen molar-refractivity contribution in [3.63, 3.8) is 0 Å². The Labute approximate surface area is 139 Å². The molecule has 0 aliphatic rings. The van der Waals surface area contributed by atoms with Crippen molar-refractivity contribution >= 4 is 40.7 Å². The van der Waals surface area contributed by atoms with Crippen molar-refractivity contribution in [2.45, 2.75) is 13.8 Å². The van der Waals surface area contributed by atoms with Crippen LogP contribution in [0.4, 0.5) is 11.6 Å². The van der Waals surface area contributed by atoms with Crippen LogP contribution >= 0.6 is 23.2 Å². The summed E-state index contributed by atoms with van der Waals surface area (Å²) in [6, 6.07) is 6.39. The van der Waals surface area contributed by atoms with Gasteiger partial charge in [-0.2, -0.15) is 0 Å². The maximum Gasteiger partial charge on any atom is 0.274 e. The van der Waals surface area contributed by atoms with E-state index in [0.29, 0.717) is 27.6 Å². The van der Waals surface area contributed by atoms with Crippen LogP contribution in [0.25, 0.3) is 0 Å². The molecule has 2 rings (SSSR count). The van der Waals surface area contributed by atoms with E-state index < -0.39 is 0 Å². The Morgan fingerprint density at radius 2 is 2.05 bits per heavy atom. The van der Waals surface area contributed by atoms with Crippen LogP contribution in [0.1, 0.15) is 24.3 Å². The van der Waals surface area contributed by atoms with Gasteiger partial charge >= 0.3 is 0 Å². The lowest BCUT2D eigenvalue weighted by atomic mass is 10.2. The molecule has 5 nitrogen and oxygen atoms in total. The highest BCUT2D eigenvalue weighted by atomic mass is 35.5. The molecule has 1 aromatic heterocycles. The predicted octanol–water partition coefficient (Wildman–Crippen LogP) is 4.10. The first-order valence-electron chi connectivity index (χ1n) is 6.79. The van der Waals surface area contributed by atoms with Crippen molar-refractivity contribution in [1.29, 1.82) is 0 Å². The first kappa shape index (κ1) is 16.5. The highest BCUT2D eigenvalue weighted by molar-refractivity contribution is 6.35. The molecule has 7 heteroatoms. The molecule has 22 heavy (non-hydrogen) atoms. The van der Waals surface area contributed by atoms with E-state index in [1.54, 1.807) is 18.2 Å². The standard InChI is InChI=1S/C15H16Cl2N4O/c1-9(2)8-19-15-18-6-5-12(21-15)14(22)20-13-7-10(16)3-4-11(13)17/h3-7,9H,8H2,1-2H3,(H,20,22)(H,18,19,21). The molecule has 0 saturated carbocycles. The number of amides is 1. The molecule has 0 fully saturated rings. The summed E-state index contributed by atoms with van der Waals surface area (Å²) < 4.78 is 0. The Balaban J connectivity index is 2.12. The zero-order valence-corrected chi connectivity index (χ0v) is 13.7. The van der Waals surface area contributed by atoms with E-state index >= 15 is 0 Å². The normalized spacial score (nSPS) is 10.6. The second-order valence-corrected chi connectivity index (χ2v) is 5.96. The number of benzene rings is 1. The number of carbonyl (C=O) groups excluding carboxylic acids is 1. The summed E-state index contributed by atoms with van der Waals surface area (Å²) in [6.07, 6.45) is 1.53. The van der Waals surface area contributed by atoms with Gasteiger partial charge < -0.3 is 10.6 Å². The van der Waals surface area contributed by atoms with E-state index in [2.05, 4.69) is 34.4 Å². The number of halogens is 2. The van der Waals surface area contributed by atoms with Crippen molar-refractivity contribution in [3.05, 3.63) is 46.2 Å². The Hall–Kier alpha value is -1.85. The number of carbonyl (C=O) groups is 1. The Morgan fingerprint density at radius 1 is 1.27 bits per heavy atom. The lowest BCUT2D eigenvalue weighted by Crippen LogP contribution is -2.16. The van der Waals surface area contributed by atoms with Gasteiger partial charge in [0.25, 0.3) is 5.91 Å². The number of aromatic nitrogens is 2. The van der Waals surface area contributed by atoms with Gasteiger partial charge in [-0.15, -0.1) is 0 Å². The fraction of sp³-hybridized carbons (Fsp3) is 0.267. The fourth-order valence-corrected chi connectivity index (χ4v) is 1.98. The summed E-state index contributed by atoms with van der Waals surface area (Å²) in [6.45, 7) is 4.88. The van der Waals surface area contributed by atoms with Gasteiger partial charge in [0.15, 0.2) is 0 Å². The van der Waals surface area contributed by atoms with Crippen LogP contribution in [0.3, 0.4) is 0 Å². The molecule has 1 heterocycles. The van der Waals surface area contributed by atoms with E-state index in [4.69, 9.17) is 23.2 Å². The molecule has 2 N–H and O–H groups in total. The summed E-state index contributed by atoms with van der Waals surface area (Å²) in [7, 11) is 0. The quantitative estimate of drug-likeness (QED) is 0.860. The van der Waals surface area contributed by atoms with Gasteiger partial charge in [0, 0.05) is 17.8 Å². The van der Waals surface area contributed by atoms with Crippen molar-refractivity contribution < 1.29 is 4.79 Å². The number of hydrogen-bond acceptors (Lipinski definition) is 4. The summed E-state index contributed by atoms with van der Waals surface area (Å²) in [5, 5.41) is 6.66. The number of nitrogens with one attached hydrogen (secondary N) is 2. The summed E-state index contributed by atoms with van der Waals surface area (Å²) >= 11 is 11.9. The van der Waals surface area contributed by atoms with Crippen LogP contribution in [0.2, 0.25) is 10.0 Å². The smallest absolute Gasteiger partial charge is 0.274 e. The number of nitrogens with zero attached hydrogens (tertiary/aromatic N) is 2. The minimum Gasteiger partial charge on any atom is -0.354 e. The zero-order valence-electron chi connectivity index (χ0n) is 12.2. The minimum atomic E-state index is -0.376. The lowest BCUT2D eigenvalue weighted by molar-refractivity contribution is 0.102. The van der Waals surface area contributed by atoms with Crippen molar-refractivity contribution in [2.24, 2.45) is 5.92 Å². The van der Waals surface area contributed by atoms with E-state index in [9.17, 15) is 4.79 Å². The maximum absolute atomic E-state index is 12.2. The van der Waals surface area contributed by atoms with Crippen LogP contribution in [0.15, 0.2) is 30.5 Å². The van der Waals surface area contributed by atoms with Crippen molar-refractivity contribution in [1.82, 2.24) is 9.97 Å². The Morgan fingerprint density at radius 3 is 2.77 bits per heavy atom. The average molecular weight is 339 g/mol. The van der Waals surface area contributed by atoms with E-state index in [1.165, 1.54) is 12.3 Å². The molecule has 1 amide bonds. The molecule has 0 bridgehead atoms. The van der Waals surface area contributed by atoms with Gasteiger partial charge in [0.1, 0.15) is 5.69 Å².